The molecule has 0 atom stereocenters. The van der Waals surface area contributed by atoms with Crippen LogP contribution in [-0.2, 0) is 13.4 Å². The van der Waals surface area contributed by atoms with Crippen LogP contribution >= 0.6 is 15.6 Å². The first-order chi connectivity index (χ1) is 3.71. The van der Waals surface area contributed by atoms with Crippen molar-refractivity contribution < 1.29 is 49.4 Å². The van der Waals surface area contributed by atoms with E-state index in [9.17, 15) is 9.13 Å². The molecule has 0 fully saturated rings. The van der Waals surface area contributed by atoms with Gasteiger partial charge in [0.05, 0.1) is 0 Å². The second kappa shape index (κ2) is 13.2. The molecule has 0 aromatic carbocycles. The topological polar surface area (TPSA) is 219 Å². The molecule has 14 heteroatoms. The third-order valence-electron chi connectivity index (χ3n) is 0.213. The maximum atomic E-state index is 9.63. The van der Waals surface area contributed by atoms with Gasteiger partial charge in [-0.1, -0.05) is 0 Å². The Kier molecular flexibility index (Phi) is 33.9. The van der Waals surface area contributed by atoms with E-state index in [1.54, 1.807) is 0 Å². The molecule has 0 aromatic rings. The van der Waals surface area contributed by atoms with Crippen molar-refractivity contribution in [3.63, 3.8) is 0 Å². The quantitative estimate of drug-likeness (QED) is 0.286. The van der Waals surface area contributed by atoms with Crippen LogP contribution in [0.1, 0.15) is 0 Å². The molecule has 10 N–H and O–H groups in total. The summed E-state index contributed by atoms with van der Waals surface area (Å²) in [7, 11) is -10.1. The van der Waals surface area contributed by atoms with Crippen molar-refractivity contribution in [1.82, 2.24) is 0 Å². The second-order valence-electron chi connectivity index (χ2n) is 1.06. The van der Waals surface area contributed by atoms with Gasteiger partial charge in [-0.2, -0.15) is 4.31 Å². The summed E-state index contributed by atoms with van der Waals surface area (Å²) in [4.78, 5) is 31.0. The molecule has 0 saturated carbocycles. The van der Waals surface area contributed by atoms with Crippen molar-refractivity contribution in [1.29, 1.82) is 0 Å². The molecular formula is H12Na2O10P2. The Morgan fingerprint density at radius 2 is 0.857 bits per heavy atom. The summed E-state index contributed by atoms with van der Waals surface area (Å²) in [6.45, 7) is 0. The minimum atomic E-state index is -5.05. The van der Waals surface area contributed by atoms with Gasteiger partial charge < -0.3 is 36.0 Å². The summed E-state index contributed by atoms with van der Waals surface area (Å²) in [6.07, 6.45) is 0. The number of hydrogen-bond acceptors (Lipinski definition) is 3. The normalized spacial score (nSPS) is 8.86. The summed E-state index contributed by atoms with van der Waals surface area (Å²) in [5, 5.41) is 0. The van der Waals surface area contributed by atoms with Crippen molar-refractivity contribution in [3.05, 3.63) is 0 Å². The van der Waals surface area contributed by atoms with Crippen LogP contribution < -0.4 is 0 Å². The van der Waals surface area contributed by atoms with Gasteiger partial charge in [-0.25, -0.2) is 9.13 Å². The van der Waals surface area contributed by atoms with Crippen molar-refractivity contribution >= 4 is 74.8 Å². The molecule has 0 saturated heterocycles. The van der Waals surface area contributed by atoms with Crippen LogP contribution in [0, 0.1) is 0 Å². The maximum absolute atomic E-state index is 9.63. The minimum absolute atomic E-state index is 0. The van der Waals surface area contributed by atoms with Crippen LogP contribution in [0.25, 0.3) is 0 Å². The van der Waals surface area contributed by atoms with Gasteiger partial charge in [0.25, 0.3) is 0 Å². The molecule has 14 heavy (non-hydrogen) atoms. The molecule has 84 valence electrons. The van der Waals surface area contributed by atoms with Gasteiger partial charge in [-0.05, 0) is 0 Å². The zero-order valence-corrected chi connectivity index (χ0v) is 7.20. The summed E-state index contributed by atoms with van der Waals surface area (Å²) in [5.41, 5.74) is 0. The molecule has 0 heterocycles. The number of hydrogen-bond donors (Lipinski definition) is 4. The zero-order chi connectivity index (χ0) is 7.71. The fourth-order valence-electron chi connectivity index (χ4n) is 0.139. The van der Waals surface area contributed by atoms with Gasteiger partial charge in [0.15, 0.2) is 0 Å². The zero-order valence-electron chi connectivity index (χ0n) is 5.41. The van der Waals surface area contributed by atoms with Gasteiger partial charge in [0.2, 0.25) is 0 Å². The van der Waals surface area contributed by atoms with Crippen molar-refractivity contribution in [2.24, 2.45) is 0 Å². The van der Waals surface area contributed by atoms with Crippen LogP contribution in [0.4, 0.5) is 0 Å². The van der Waals surface area contributed by atoms with Gasteiger partial charge >= 0.3 is 74.8 Å². The van der Waals surface area contributed by atoms with Gasteiger partial charge in [-0.3, -0.25) is 0 Å². The Bertz CT molecular complexity index is 157. The second-order valence-corrected chi connectivity index (χ2v) is 3.68. The summed E-state index contributed by atoms with van der Waals surface area (Å²) >= 11 is 0. The van der Waals surface area contributed by atoms with E-state index in [1.807, 2.05) is 0 Å². The summed E-state index contributed by atoms with van der Waals surface area (Å²) in [5.74, 6) is 0. The third-order valence-corrected chi connectivity index (χ3v) is 1.91. The average Bonchev–Trinajstić information content (AvgIpc) is 1.14. The van der Waals surface area contributed by atoms with E-state index in [2.05, 4.69) is 4.31 Å². The van der Waals surface area contributed by atoms with E-state index in [-0.39, 0.29) is 75.5 Å². The predicted molar refractivity (Wildman–Crippen MR) is 50.3 cm³/mol. The molecule has 0 aromatic heterocycles. The van der Waals surface area contributed by atoms with Crippen LogP contribution in [-0.4, -0.2) is 95.1 Å². The van der Waals surface area contributed by atoms with Gasteiger partial charge in [0, 0.05) is 0 Å². The fourth-order valence-corrected chi connectivity index (χ4v) is 1.25. The number of phosphoric acid groups is 2. The number of rotatable bonds is 2. The van der Waals surface area contributed by atoms with Crippen LogP contribution in [0.15, 0.2) is 0 Å². The molecular weight excluding hydrogens is 268 g/mol. The standard InChI is InChI=1S/2Na.H4O7P2.3H2O.2H/c;;1-8(2,3)7-9(4,5)6;;;;;/h;;(H2,1,2,3)(H2,4,5,6);3*1H2;;. The molecule has 0 aliphatic carbocycles. The third kappa shape index (κ3) is 36.8. The molecule has 10 nitrogen and oxygen atoms in total. The van der Waals surface area contributed by atoms with E-state index in [4.69, 9.17) is 19.6 Å². The van der Waals surface area contributed by atoms with Crippen LogP contribution in [0.2, 0.25) is 0 Å². The molecule has 0 aliphatic rings. The molecule has 0 spiro atoms. The molecule has 0 radical (unpaired) electrons. The molecule has 0 bridgehead atoms. The molecule has 0 aliphatic heterocycles. The van der Waals surface area contributed by atoms with Crippen molar-refractivity contribution in [3.8, 4) is 0 Å². The van der Waals surface area contributed by atoms with Crippen molar-refractivity contribution in [2.45, 2.75) is 0 Å². The van der Waals surface area contributed by atoms with E-state index < -0.39 is 15.6 Å². The Morgan fingerprint density at radius 1 is 0.714 bits per heavy atom. The molecule has 0 rings (SSSR count). The predicted octanol–water partition coefficient (Wildman–Crippen LogP) is -4.58. The first kappa shape index (κ1) is 36.0. The van der Waals surface area contributed by atoms with E-state index in [0.717, 1.165) is 0 Å². The van der Waals surface area contributed by atoms with Gasteiger partial charge in [-0.15, -0.1) is 0 Å². The van der Waals surface area contributed by atoms with E-state index in [1.165, 1.54) is 0 Å². The van der Waals surface area contributed by atoms with E-state index in [0.29, 0.717) is 0 Å². The Morgan fingerprint density at radius 3 is 0.857 bits per heavy atom. The first-order valence-electron chi connectivity index (χ1n) is 1.53. The molecule has 0 amide bonds. The SMILES string of the molecule is O.O.O.O=P(O)(O)OP(=O)(O)O.[NaH].[NaH]. The summed E-state index contributed by atoms with van der Waals surface area (Å²) in [6, 6.07) is 0. The van der Waals surface area contributed by atoms with Gasteiger partial charge in [0.1, 0.15) is 0 Å². The van der Waals surface area contributed by atoms with Crippen molar-refractivity contribution in [2.75, 3.05) is 0 Å². The average molecular weight is 280 g/mol. The first-order valence-corrected chi connectivity index (χ1v) is 4.59. The summed E-state index contributed by atoms with van der Waals surface area (Å²) < 4.78 is 22.2. The monoisotopic (exact) mass is 280 g/mol. The Hall–Kier alpha value is 2.14. The Balaban J connectivity index is -0.0000000320. The Labute approximate surface area is 123 Å². The fraction of sp³-hybridized carbons (Fsp3) is 0. The molecule has 0 unspecified atom stereocenters. The van der Waals surface area contributed by atoms with Crippen LogP contribution in [0.3, 0.4) is 0 Å². The van der Waals surface area contributed by atoms with Crippen LogP contribution in [0.5, 0.6) is 0 Å². The van der Waals surface area contributed by atoms with E-state index >= 15 is 0 Å².